The smallest absolute Gasteiger partial charge is 0.231 e. The molecule has 22 heavy (non-hydrogen) atoms. The Hall–Kier alpha value is -2.86. The van der Waals surface area contributed by atoms with Gasteiger partial charge in [0.2, 0.25) is 5.89 Å². The number of phenolic OH excluding ortho intramolecular Hbond substituents is 1. The van der Waals surface area contributed by atoms with Crippen LogP contribution >= 0.6 is 11.6 Å². The number of benzene rings is 2. The highest BCUT2D eigenvalue weighted by atomic mass is 35.5. The molecule has 0 spiro atoms. The van der Waals surface area contributed by atoms with E-state index in [2.05, 4.69) is 15.2 Å². The number of aromatic nitrogens is 4. The molecule has 0 atom stereocenters. The fourth-order valence-corrected chi connectivity index (χ4v) is 2.38. The molecule has 2 aromatic carbocycles. The largest absolute Gasteiger partial charge is 0.507 e. The van der Waals surface area contributed by atoms with Crippen molar-refractivity contribution in [3.63, 3.8) is 0 Å². The van der Waals surface area contributed by atoms with E-state index in [4.69, 9.17) is 16.0 Å². The van der Waals surface area contributed by atoms with Crippen LogP contribution in [-0.4, -0.2) is 24.9 Å². The molecule has 1 N–H and O–H groups in total. The number of hydrogen-bond acceptors (Lipinski definition) is 5. The van der Waals surface area contributed by atoms with Gasteiger partial charge in [0.25, 0.3) is 0 Å². The van der Waals surface area contributed by atoms with Gasteiger partial charge in [0, 0.05) is 11.1 Å². The van der Waals surface area contributed by atoms with E-state index in [-0.39, 0.29) is 5.75 Å². The molecule has 7 heteroatoms. The summed E-state index contributed by atoms with van der Waals surface area (Å²) in [7, 11) is 0. The molecule has 0 fully saturated rings. The van der Waals surface area contributed by atoms with E-state index >= 15 is 0 Å². The zero-order chi connectivity index (χ0) is 15.1. The van der Waals surface area contributed by atoms with Crippen molar-refractivity contribution >= 4 is 22.7 Å². The molecular weight excluding hydrogens is 304 g/mol. The summed E-state index contributed by atoms with van der Waals surface area (Å²) in [6.45, 7) is 0. The highest BCUT2D eigenvalue weighted by Crippen LogP contribution is 2.33. The Kier molecular flexibility index (Phi) is 2.83. The second-order valence-electron chi connectivity index (χ2n) is 4.70. The Labute approximate surface area is 129 Å². The molecule has 0 unspecified atom stereocenters. The van der Waals surface area contributed by atoms with Crippen LogP contribution < -0.4 is 0 Å². The molecule has 0 radical (unpaired) electrons. The monoisotopic (exact) mass is 312 g/mol. The van der Waals surface area contributed by atoms with Gasteiger partial charge in [-0.15, -0.1) is 10.2 Å². The van der Waals surface area contributed by atoms with Crippen LogP contribution in [0, 0.1) is 0 Å². The predicted octanol–water partition coefficient (Wildman–Crippen LogP) is 3.43. The first-order valence-corrected chi connectivity index (χ1v) is 6.83. The Morgan fingerprint density at radius 2 is 1.86 bits per heavy atom. The van der Waals surface area contributed by atoms with Crippen LogP contribution in [0.2, 0.25) is 5.02 Å². The van der Waals surface area contributed by atoms with E-state index in [0.717, 1.165) is 5.69 Å². The number of hydrogen-bond donors (Lipinski definition) is 1. The molecular formula is C15H9ClN4O2. The van der Waals surface area contributed by atoms with E-state index in [9.17, 15) is 5.11 Å². The Morgan fingerprint density at radius 3 is 2.64 bits per heavy atom. The quantitative estimate of drug-likeness (QED) is 0.613. The van der Waals surface area contributed by atoms with Gasteiger partial charge in [-0.05, 0) is 30.3 Å². The summed E-state index contributed by atoms with van der Waals surface area (Å²) in [5.41, 5.74) is 2.50. The summed E-state index contributed by atoms with van der Waals surface area (Å²) in [6.07, 6.45) is 3.10. The SMILES string of the molecule is Oc1cc(-n2cnnc2)ccc1-c1nc2cc(Cl)ccc2o1. The molecule has 4 rings (SSSR count). The standard InChI is InChI=1S/C15H9ClN4O2/c16-9-1-4-14-12(5-9)19-15(22-14)11-3-2-10(6-13(11)21)20-7-17-18-8-20/h1-8,21H. The number of halogens is 1. The number of nitrogens with zero attached hydrogens (tertiary/aromatic N) is 4. The summed E-state index contributed by atoms with van der Waals surface area (Å²) in [6, 6.07) is 10.3. The van der Waals surface area contributed by atoms with Crippen molar-refractivity contribution in [1.82, 2.24) is 19.7 Å². The number of phenols is 1. The molecule has 2 aromatic heterocycles. The number of fused-ring (bicyclic) bond motifs is 1. The molecule has 6 nitrogen and oxygen atoms in total. The molecule has 2 heterocycles. The van der Waals surface area contributed by atoms with Gasteiger partial charge in [0.1, 0.15) is 23.9 Å². The third-order valence-electron chi connectivity index (χ3n) is 3.28. The van der Waals surface area contributed by atoms with Crippen molar-refractivity contribution in [1.29, 1.82) is 0 Å². The van der Waals surface area contributed by atoms with Crippen molar-refractivity contribution < 1.29 is 9.52 Å². The number of rotatable bonds is 2. The predicted molar refractivity (Wildman–Crippen MR) is 81.0 cm³/mol. The van der Waals surface area contributed by atoms with Crippen LogP contribution in [0.15, 0.2) is 53.5 Å². The fraction of sp³-hybridized carbons (Fsp3) is 0. The molecule has 0 amide bonds. The Balaban J connectivity index is 1.81. The van der Waals surface area contributed by atoms with Gasteiger partial charge >= 0.3 is 0 Å². The third-order valence-corrected chi connectivity index (χ3v) is 3.51. The van der Waals surface area contributed by atoms with E-state index < -0.39 is 0 Å². The summed E-state index contributed by atoms with van der Waals surface area (Å²) < 4.78 is 7.35. The van der Waals surface area contributed by atoms with Crippen LogP contribution in [0.1, 0.15) is 0 Å². The lowest BCUT2D eigenvalue weighted by Crippen LogP contribution is -1.90. The van der Waals surface area contributed by atoms with Gasteiger partial charge in [0.15, 0.2) is 5.58 Å². The lowest BCUT2D eigenvalue weighted by Gasteiger charge is -2.04. The van der Waals surface area contributed by atoms with E-state index in [1.165, 1.54) is 0 Å². The van der Waals surface area contributed by atoms with Crippen molar-refractivity contribution in [2.24, 2.45) is 0 Å². The lowest BCUT2D eigenvalue weighted by molar-refractivity contribution is 0.474. The second kappa shape index (κ2) is 4.85. The highest BCUT2D eigenvalue weighted by Gasteiger charge is 2.13. The van der Waals surface area contributed by atoms with Crippen molar-refractivity contribution in [2.45, 2.75) is 0 Å². The minimum atomic E-state index is 0.0591. The zero-order valence-electron chi connectivity index (χ0n) is 11.1. The molecule has 0 aliphatic heterocycles. The van der Waals surface area contributed by atoms with Gasteiger partial charge in [0.05, 0.1) is 11.3 Å². The first-order chi connectivity index (χ1) is 10.7. The van der Waals surface area contributed by atoms with Crippen molar-refractivity contribution in [2.75, 3.05) is 0 Å². The number of oxazole rings is 1. The van der Waals surface area contributed by atoms with Crippen LogP contribution in [0.25, 0.3) is 28.2 Å². The molecule has 0 aliphatic carbocycles. The summed E-state index contributed by atoms with van der Waals surface area (Å²) in [5.74, 6) is 0.397. The van der Waals surface area contributed by atoms with Crippen LogP contribution in [0.5, 0.6) is 5.75 Å². The highest BCUT2D eigenvalue weighted by molar-refractivity contribution is 6.31. The maximum Gasteiger partial charge on any atom is 0.231 e. The first-order valence-electron chi connectivity index (χ1n) is 6.45. The van der Waals surface area contributed by atoms with Crippen LogP contribution in [0.4, 0.5) is 0 Å². The first kappa shape index (κ1) is 12.8. The maximum atomic E-state index is 10.2. The third kappa shape index (κ3) is 2.10. The van der Waals surface area contributed by atoms with Crippen LogP contribution in [-0.2, 0) is 0 Å². The molecule has 0 saturated heterocycles. The summed E-state index contributed by atoms with van der Waals surface area (Å²) in [4.78, 5) is 4.35. The maximum absolute atomic E-state index is 10.2. The Morgan fingerprint density at radius 1 is 1.05 bits per heavy atom. The molecule has 0 bridgehead atoms. The average Bonchev–Trinajstić information content (AvgIpc) is 3.15. The van der Waals surface area contributed by atoms with Gasteiger partial charge in [-0.1, -0.05) is 11.6 Å². The van der Waals surface area contributed by atoms with Crippen molar-refractivity contribution in [3.8, 4) is 22.9 Å². The van der Waals surface area contributed by atoms with Gasteiger partial charge in [-0.2, -0.15) is 0 Å². The molecule has 0 aliphatic rings. The molecule has 108 valence electrons. The summed E-state index contributed by atoms with van der Waals surface area (Å²) in [5, 5.41) is 18.3. The topological polar surface area (TPSA) is 77.0 Å². The number of aromatic hydroxyl groups is 1. The van der Waals surface area contributed by atoms with Crippen LogP contribution in [0.3, 0.4) is 0 Å². The van der Waals surface area contributed by atoms with Gasteiger partial charge < -0.3 is 9.52 Å². The molecule has 0 saturated carbocycles. The van der Waals surface area contributed by atoms with Gasteiger partial charge in [-0.3, -0.25) is 4.57 Å². The summed E-state index contributed by atoms with van der Waals surface area (Å²) >= 11 is 5.94. The average molecular weight is 313 g/mol. The minimum Gasteiger partial charge on any atom is -0.507 e. The van der Waals surface area contributed by atoms with Gasteiger partial charge in [-0.25, -0.2) is 4.98 Å². The van der Waals surface area contributed by atoms with Crippen molar-refractivity contribution in [3.05, 3.63) is 54.1 Å². The normalized spacial score (nSPS) is 11.1. The van der Waals surface area contributed by atoms with E-state index in [0.29, 0.717) is 27.6 Å². The molecule has 4 aromatic rings. The lowest BCUT2D eigenvalue weighted by atomic mass is 10.2. The van der Waals surface area contributed by atoms with E-state index in [1.54, 1.807) is 47.6 Å². The van der Waals surface area contributed by atoms with E-state index in [1.807, 2.05) is 6.07 Å². The minimum absolute atomic E-state index is 0.0591. The fourth-order valence-electron chi connectivity index (χ4n) is 2.21. The zero-order valence-corrected chi connectivity index (χ0v) is 11.9. The second-order valence-corrected chi connectivity index (χ2v) is 5.14. The Bertz CT molecular complexity index is 963.